The summed E-state index contributed by atoms with van der Waals surface area (Å²) < 4.78 is 38.6. The fraction of sp³-hybridized carbons (Fsp3) is 0.0667. The van der Waals surface area contributed by atoms with Crippen molar-refractivity contribution in [3.05, 3.63) is 59.9 Å². The Bertz CT molecular complexity index is 911. The van der Waals surface area contributed by atoms with Crippen molar-refractivity contribution < 1.29 is 22.4 Å². The predicted octanol–water partition coefficient (Wildman–Crippen LogP) is 1.61. The molecule has 1 heterocycles. The summed E-state index contributed by atoms with van der Waals surface area (Å²) in [6.07, 6.45) is 0. The predicted molar refractivity (Wildman–Crippen MR) is 79.7 cm³/mol. The van der Waals surface area contributed by atoms with Gasteiger partial charge in [0.1, 0.15) is 17.3 Å². The number of hydrogen-bond donors (Lipinski definition) is 1. The zero-order valence-corrected chi connectivity index (χ0v) is 12.5. The minimum Gasteiger partial charge on any atom is -0.322 e. The highest BCUT2D eigenvalue weighted by Crippen LogP contribution is 2.29. The number of amides is 2. The van der Waals surface area contributed by atoms with Crippen LogP contribution in [0.2, 0.25) is 0 Å². The van der Waals surface area contributed by atoms with Gasteiger partial charge in [0.25, 0.3) is 15.9 Å². The molecule has 3 rings (SSSR count). The van der Waals surface area contributed by atoms with Gasteiger partial charge < -0.3 is 5.32 Å². The molecular weight excluding hydrogens is 323 g/mol. The Morgan fingerprint density at radius 2 is 1.74 bits per heavy atom. The van der Waals surface area contributed by atoms with Gasteiger partial charge in [-0.1, -0.05) is 24.3 Å². The Balaban J connectivity index is 1.83. The second-order valence-electron chi connectivity index (χ2n) is 4.84. The molecule has 0 atom stereocenters. The van der Waals surface area contributed by atoms with Gasteiger partial charge in [0.05, 0.1) is 11.3 Å². The maximum Gasteiger partial charge on any atom is 0.269 e. The minimum atomic E-state index is -4.06. The summed E-state index contributed by atoms with van der Waals surface area (Å²) in [7, 11) is -4.06. The van der Waals surface area contributed by atoms with E-state index in [1.807, 2.05) is 0 Å². The molecular formula is C15H11FN2O4S. The monoisotopic (exact) mass is 334 g/mol. The molecule has 23 heavy (non-hydrogen) atoms. The molecule has 0 spiro atoms. The molecule has 1 aliphatic heterocycles. The number of carbonyl (C=O) groups excluding carboxylic acids is 2. The lowest BCUT2D eigenvalue weighted by atomic mass is 10.2. The Morgan fingerprint density at radius 1 is 1.09 bits per heavy atom. The molecule has 0 unspecified atom stereocenters. The van der Waals surface area contributed by atoms with Gasteiger partial charge in [0, 0.05) is 0 Å². The third kappa shape index (κ3) is 2.57. The molecule has 0 aromatic heterocycles. The van der Waals surface area contributed by atoms with Crippen molar-refractivity contribution in [3.8, 4) is 0 Å². The standard InChI is InChI=1S/C15H11FN2O4S/c16-11-6-2-3-7-12(11)17-14(19)9-18-15(20)10-5-1-4-8-13(10)23(18,21)22/h1-8H,9H2,(H,17,19). The van der Waals surface area contributed by atoms with Crippen molar-refractivity contribution in [2.45, 2.75) is 4.90 Å². The number of nitrogens with zero attached hydrogens (tertiary/aromatic N) is 1. The maximum absolute atomic E-state index is 13.5. The lowest BCUT2D eigenvalue weighted by Crippen LogP contribution is -2.37. The number of benzene rings is 2. The van der Waals surface area contributed by atoms with E-state index in [9.17, 15) is 22.4 Å². The van der Waals surface area contributed by atoms with Crippen LogP contribution in [0.3, 0.4) is 0 Å². The third-order valence-corrected chi connectivity index (χ3v) is 5.13. The molecule has 8 heteroatoms. The van der Waals surface area contributed by atoms with Gasteiger partial charge in [0.2, 0.25) is 5.91 Å². The first-order valence-electron chi connectivity index (χ1n) is 6.62. The molecule has 0 saturated heterocycles. The smallest absolute Gasteiger partial charge is 0.269 e. The van der Waals surface area contributed by atoms with Crippen molar-refractivity contribution in [2.75, 3.05) is 11.9 Å². The van der Waals surface area contributed by atoms with E-state index in [4.69, 9.17) is 0 Å². The van der Waals surface area contributed by atoms with Gasteiger partial charge >= 0.3 is 0 Å². The quantitative estimate of drug-likeness (QED) is 0.924. The van der Waals surface area contributed by atoms with Crippen LogP contribution < -0.4 is 5.32 Å². The summed E-state index contributed by atoms with van der Waals surface area (Å²) in [6.45, 7) is -0.718. The fourth-order valence-corrected chi connectivity index (χ4v) is 3.80. The Morgan fingerprint density at radius 3 is 2.43 bits per heavy atom. The second kappa shape index (κ2) is 5.47. The summed E-state index contributed by atoms with van der Waals surface area (Å²) in [5.74, 6) is -2.23. The number of nitrogens with one attached hydrogen (secondary N) is 1. The van der Waals surface area contributed by atoms with Crippen LogP contribution in [-0.2, 0) is 14.8 Å². The second-order valence-corrected chi connectivity index (χ2v) is 6.67. The van der Waals surface area contributed by atoms with E-state index in [0.717, 1.165) is 6.07 Å². The molecule has 2 aromatic carbocycles. The fourth-order valence-electron chi connectivity index (χ4n) is 2.27. The number of halogens is 1. The summed E-state index contributed by atoms with van der Waals surface area (Å²) in [5.41, 5.74) is -0.0646. The zero-order chi connectivity index (χ0) is 16.6. The average molecular weight is 334 g/mol. The molecule has 1 aliphatic rings. The molecule has 118 valence electrons. The highest BCUT2D eigenvalue weighted by atomic mass is 32.2. The maximum atomic E-state index is 13.5. The van der Waals surface area contributed by atoms with Crippen LogP contribution in [0.4, 0.5) is 10.1 Å². The average Bonchev–Trinajstić information content (AvgIpc) is 2.71. The topological polar surface area (TPSA) is 83.6 Å². The van der Waals surface area contributed by atoms with Gasteiger partial charge in [-0.05, 0) is 24.3 Å². The van der Waals surface area contributed by atoms with E-state index < -0.39 is 34.2 Å². The molecule has 1 N–H and O–H groups in total. The van der Waals surface area contributed by atoms with Crippen LogP contribution in [-0.4, -0.2) is 31.1 Å². The Hall–Kier alpha value is -2.74. The lowest BCUT2D eigenvalue weighted by molar-refractivity contribution is -0.116. The van der Waals surface area contributed by atoms with E-state index in [2.05, 4.69) is 5.32 Å². The first-order valence-corrected chi connectivity index (χ1v) is 8.06. The molecule has 0 radical (unpaired) electrons. The van der Waals surface area contributed by atoms with Crippen LogP contribution in [0.15, 0.2) is 53.4 Å². The number of fused-ring (bicyclic) bond motifs is 1. The van der Waals surface area contributed by atoms with E-state index >= 15 is 0 Å². The van der Waals surface area contributed by atoms with Gasteiger partial charge in [-0.3, -0.25) is 9.59 Å². The number of rotatable bonds is 3. The molecule has 6 nitrogen and oxygen atoms in total. The molecule has 0 fully saturated rings. The zero-order valence-electron chi connectivity index (χ0n) is 11.7. The molecule has 0 aliphatic carbocycles. The molecule has 0 bridgehead atoms. The number of sulfonamides is 1. The minimum absolute atomic E-state index is 0.0196. The summed E-state index contributed by atoms with van der Waals surface area (Å²) in [6, 6.07) is 11.2. The molecule has 0 saturated carbocycles. The van der Waals surface area contributed by atoms with Gasteiger partial charge in [-0.15, -0.1) is 0 Å². The van der Waals surface area contributed by atoms with Gasteiger partial charge in [-0.25, -0.2) is 17.1 Å². The van der Waals surface area contributed by atoms with E-state index in [0.29, 0.717) is 4.31 Å². The van der Waals surface area contributed by atoms with Crippen LogP contribution in [0.25, 0.3) is 0 Å². The van der Waals surface area contributed by atoms with E-state index in [1.165, 1.54) is 42.5 Å². The van der Waals surface area contributed by atoms with Crippen molar-refractivity contribution >= 4 is 27.5 Å². The normalized spacial score (nSPS) is 15.3. The van der Waals surface area contributed by atoms with Crippen molar-refractivity contribution in [1.82, 2.24) is 4.31 Å². The van der Waals surface area contributed by atoms with Crippen LogP contribution in [0.1, 0.15) is 10.4 Å². The SMILES string of the molecule is O=C(CN1C(=O)c2ccccc2S1(=O)=O)Nc1ccccc1F. The Kier molecular flexibility index (Phi) is 3.61. The lowest BCUT2D eigenvalue weighted by Gasteiger charge is -2.15. The van der Waals surface area contributed by atoms with Crippen LogP contribution >= 0.6 is 0 Å². The largest absolute Gasteiger partial charge is 0.322 e. The summed E-state index contributed by atoms with van der Waals surface area (Å²) in [4.78, 5) is 24.0. The summed E-state index contributed by atoms with van der Waals surface area (Å²) >= 11 is 0. The third-order valence-electron chi connectivity index (χ3n) is 3.35. The molecule has 2 amide bonds. The number of carbonyl (C=O) groups is 2. The molecule has 2 aromatic rings. The van der Waals surface area contributed by atoms with E-state index in [1.54, 1.807) is 0 Å². The van der Waals surface area contributed by atoms with Crippen LogP contribution in [0.5, 0.6) is 0 Å². The summed E-state index contributed by atoms with van der Waals surface area (Å²) in [5, 5.41) is 2.25. The van der Waals surface area contributed by atoms with Crippen LogP contribution in [0, 0.1) is 5.82 Å². The van der Waals surface area contributed by atoms with Crippen molar-refractivity contribution in [3.63, 3.8) is 0 Å². The van der Waals surface area contributed by atoms with Gasteiger partial charge in [0.15, 0.2) is 0 Å². The number of anilines is 1. The number of para-hydroxylation sites is 1. The number of hydrogen-bond acceptors (Lipinski definition) is 4. The van der Waals surface area contributed by atoms with Crippen molar-refractivity contribution in [2.24, 2.45) is 0 Å². The van der Waals surface area contributed by atoms with Gasteiger partial charge in [-0.2, -0.15) is 0 Å². The van der Waals surface area contributed by atoms with Crippen molar-refractivity contribution in [1.29, 1.82) is 0 Å². The Labute approximate surface area is 131 Å². The highest BCUT2D eigenvalue weighted by Gasteiger charge is 2.41. The first-order chi connectivity index (χ1) is 10.9. The van der Waals surface area contributed by atoms with E-state index in [-0.39, 0.29) is 16.1 Å². The first kappa shape index (κ1) is 15.2. The highest BCUT2D eigenvalue weighted by molar-refractivity contribution is 7.90.